The molecule has 0 aliphatic heterocycles. The minimum atomic E-state index is 0.912. The molecule has 0 saturated heterocycles. The fraction of sp³-hybridized carbons (Fsp3) is 0.0455. The van der Waals surface area contributed by atoms with Crippen molar-refractivity contribution in [1.29, 1.82) is 0 Å². The molecule has 0 saturated carbocycles. The van der Waals surface area contributed by atoms with Crippen LogP contribution in [0.2, 0.25) is 0 Å². The van der Waals surface area contributed by atoms with Gasteiger partial charge in [-0.3, -0.25) is 4.57 Å². The maximum absolute atomic E-state index is 4.80. The van der Waals surface area contributed by atoms with Gasteiger partial charge in [-0.2, -0.15) is 0 Å². The summed E-state index contributed by atoms with van der Waals surface area (Å²) in [5, 5.41) is 0. The normalized spacial score (nSPS) is 11.2. The lowest BCUT2D eigenvalue weighted by molar-refractivity contribution is 1.06. The summed E-state index contributed by atoms with van der Waals surface area (Å²) in [4.78, 5) is 6.90. The van der Waals surface area contributed by atoms with Crippen LogP contribution in [0.15, 0.2) is 91.1 Å². The van der Waals surface area contributed by atoms with Crippen LogP contribution in [0.5, 0.6) is 0 Å². The highest BCUT2D eigenvalue weighted by Crippen LogP contribution is 2.22. The SMILES string of the molecule is CN(/C=C/c1nc2ccccc2n1-c1ccccc1)c1ccccc1. The van der Waals surface area contributed by atoms with Crippen molar-refractivity contribution in [3.63, 3.8) is 0 Å². The van der Waals surface area contributed by atoms with Crippen molar-refractivity contribution < 1.29 is 0 Å². The molecule has 0 bridgehead atoms. The Balaban J connectivity index is 1.78. The van der Waals surface area contributed by atoms with Crippen LogP contribution in [0.4, 0.5) is 5.69 Å². The molecule has 0 aliphatic carbocycles. The van der Waals surface area contributed by atoms with E-state index in [1.54, 1.807) is 0 Å². The zero-order chi connectivity index (χ0) is 17.1. The van der Waals surface area contributed by atoms with Crippen LogP contribution in [0.25, 0.3) is 22.8 Å². The van der Waals surface area contributed by atoms with E-state index in [4.69, 9.17) is 4.98 Å². The zero-order valence-corrected chi connectivity index (χ0v) is 14.1. The lowest BCUT2D eigenvalue weighted by Gasteiger charge is -2.13. The molecule has 0 fully saturated rings. The van der Waals surface area contributed by atoms with Gasteiger partial charge in [-0.05, 0) is 42.5 Å². The topological polar surface area (TPSA) is 21.1 Å². The second kappa shape index (κ2) is 6.65. The number of anilines is 1. The first kappa shape index (κ1) is 15.2. The molecule has 3 heteroatoms. The van der Waals surface area contributed by atoms with Gasteiger partial charge in [0.15, 0.2) is 0 Å². The van der Waals surface area contributed by atoms with Gasteiger partial charge in [-0.1, -0.05) is 48.5 Å². The molecule has 1 heterocycles. The van der Waals surface area contributed by atoms with E-state index in [1.165, 1.54) is 0 Å². The molecule has 3 nitrogen and oxygen atoms in total. The fourth-order valence-electron chi connectivity index (χ4n) is 2.93. The van der Waals surface area contributed by atoms with Crippen molar-refractivity contribution in [1.82, 2.24) is 9.55 Å². The zero-order valence-electron chi connectivity index (χ0n) is 14.1. The fourth-order valence-corrected chi connectivity index (χ4v) is 2.93. The van der Waals surface area contributed by atoms with E-state index in [0.29, 0.717) is 0 Å². The number of hydrogen-bond donors (Lipinski definition) is 0. The minimum absolute atomic E-state index is 0.912. The highest BCUT2D eigenvalue weighted by Gasteiger charge is 2.09. The number of hydrogen-bond acceptors (Lipinski definition) is 2. The molecule has 0 aliphatic rings. The molecule has 0 radical (unpaired) electrons. The average molecular weight is 325 g/mol. The molecular formula is C22H19N3. The summed E-state index contributed by atoms with van der Waals surface area (Å²) < 4.78 is 2.19. The van der Waals surface area contributed by atoms with E-state index in [0.717, 1.165) is 28.2 Å². The van der Waals surface area contributed by atoms with Crippen molar-refractivity contribution in [3.8, 4) is 5.69 Å². The van der Waals surface area contributed by atoms with Crippen LogP contribution in [-0.4, -0.2) is 16.6 Å². The van der Waals surface area contributed by atoms with Crippen LogP contribution in [-0.2, 0) is 0 Å². The first-order chi connectivity index (χ1) is 12.3. The van der Waals surface area contributed by atoms with Crippen molar-refractivity contribution in [2.75, 3.05) is 11.9 Å². The van der Waals surface area contributed by atoms with Gasteiger partial charge < -0.3 is 4.90 Å². The predicted molar refractivity (Wildman–Crippen MR) is 105 cm³/mol. The molecule has 0 atom stereocenters. The minimum Gasteiger partial charge on any atom is -0.351 e. The Labute approximate surface area is 147 Å². The molecule has 0 unspecified atom stereocenters. The quantitative estimate of drug-likeness (QED) is 0.518. The van der Waals surface area contributed by atoms with Gasteiger partial charge in [0.25, 0.3) is 0 Å². The first-order valence-corrected chi connectivity index (χ1v) is 8.32. The van der Waals surface area contributed by atoms with E-state index < -0.39 is 0 Å². The van der Waals surface area contributed by atoms with E-state index >= 15 is 0 Å². The molecule has 0 amide bonds. The number of nitrogens with zero attached hydrogens (tertiary/aromatic N) is 3. The monoisotopic (exact) mass is 325 g/mol. The summed E-state index contributed by atoms with van der Waals surface area (Å²) >= 11 is 0. The second-order valence-electron chi connectivity index (χ2n) is 5.89. The van der Waals surface area contributed by atoms with E-state index in [2.05, 4.69) is 52.1 Å². The number of imidazole rings is 1. The van der Waals surface area contributed by atoms with Gasteiger partial charge in [0.1, 0.15) is 5.82 Å². The lowest BCUT2D eigenvalue weighted by atomic mass is 10.3. The Morgan fingerprint density at radius 2 is 1.44 bits per heavy atom. The third-order valence-corrected chi connectivity index (χ3v) is 4.21. The van der Waals surface area contributed by atoms with E-state index in [1.807, 2.05) is 61.6 Å². The molecule has 4 aromatic rings. The van der Waals surface area contributed by atoms with Gasteiger partial charge in [-0.25, -0.2) is 4.98 Å². The van der Waals surface area contributed by atoms with Gasteiger partial charge >= 0.3 is 0 Å². The van der Waals surface area contributed by atoms with Gasteiger partial charge in [0.05, 0.1) is 11.0 Å². The first-order valence-electron chi connectivity index (χ1n) is 8.32. The standard InChI is InChI=1S/C22H19N3/c1-24(18-10-4-2-5-11-18)17-16-22-23-20-14-8-9-15-21(20)25(22)19-12-6-3-7-13-19/h2-17H,1H3/b17-16+. The van der Waals surface area contributed by atoms with E-state index in [-0.39, 0.29) is 0 Å². The van der Waals surface area contributed by atoms with Crippen LogP contribution in [0, 0.1) is 0 Å². The Bertz CT molecular complexity index is 1000. The van der Waals surface area contributed by atoms with Crippen molar-refractivity contribution in [2.45, 2.75) is 0 Å². The second-order valence-corrected chi connectivity index (χ2v) is 5.89. The predicted octanol–water partition coefficient (Wildman–Crippen LogP) is 5.13. The van der Waals surface area contributed by atoms with Crippen molar-refractivity contribution in [3.05, 3.63) is 97.0 Å². The molecule has 4 rings (SSSR count). The van der Waals surface area contributed by atoms with Crippen LogP contribution in [0.1, 0.15) is 5.82 Å². The molecule has 25 heavy (non-hydrogen) atoms. The average Bonchev–Trinajstić information content (AvgIpc) is 3.06. The summed E-state index contributed by atoms with van der Waals surface area (Å²) in [7, 11) is 2.04. The Hall–Kier alpha value is -3.33. The van der Waals surface area contributed by atoms with Gasteiger partial charge in [0.2, 0.25) is 0 Å². The van der Waals surface area contributed by atoms with Crippen LogP contribution in [0.3, 0.4) is 0 Å². The van der Waals surface area contributed by atoms with Crippen molar-refractivity contribution in [2.24, 2.45) is 0 Å². The van der Waals surface area contributed by atoms with Gasteiger partial charge in [0, 0.05) is 24.6 Å². The van der Waals surface area contributed by atoms with E-state index in [9.17, 15) is 0 Å². The summed E-state index contributed by atoms with van der Waals surface area (Å²) in [6, 6.07) is 28.8. The molecular weight excluding hydrogens is 306 g/mol. The maximum atomic E-state index is 4.80. The van der Waals surface area contributed by atoms with Crippen LogP contribution < -0.4 is 4.90 Å². The Morgan fingerprint density at radius 3 is 2.20 bits per heavy atom. The number of rotatable bonds is 4. The Kier molecular flexibility index (Phi) is 4.05. The Morgan fingerprint density at radius 1 is 0.800 bits per heavy atom. The highest BCUT2D eigenvalue weighted by molar-refractivity contribution is 5.80. The molecule has 3 aromatic carbocycles. The van der Waals surface area contributed by atoms with Gasteiger partial charge in [-0.15, -0.1) is 0 Å². The number of para-hydroxylation sites is 4. The third kappa shape index (κ3) is 3.04. The third-order valence-electron chi connectivity index (χ3n) is 4.21. The molecule has 1 aromatic heterocycles. The number of benzene rings is 3. The molecule has 122 valence electrons. The number of aromatic nitrogens is 2. The summed E-state index contributed by atoms with van der Waals surface area (Å²) in [5.74, 6) is 0.912. The smallest absolute Gasteiger partial charge is 0.139 e. The molecule has 0 spiro atoms. The summed E-state index contributed by atoms with van der Waals surface area (Å²) in [6.07, 6.45) is 4.11. The number of fused-ring (bicyclic) bond motifs is 1. The van der Waals surface area contributed by atoms with Crippen LogP contribution >= 0.6 is 0 Å². The largest absolute Gasteiger partial charge is 0.351 e. The van der Waals surface area contributed by atoms with Crippen molar-refractivity contribution >= 4 is 22.8 Å². The maximum Gasteiger partial charge on any atom is 0.139 e. The molecule has 0 N–H and O–H groups in total. The highest BCUT2D eigenvalue weighted by atomic mass is 15.1. The lowest BCUT2D eigenvalue weighted by Crippen LogP contribution is -2.07. The summed E-state index contributed by atoms with van der Waals surface area (Å²) in [5.41, 5.74) is 4.35. The summed E-state index contributed by atoms with van der Waals surface area (Å²) in [6.45, 7) is 0.